The highest BCUT2D eigenvalue weighted by Crippen LogP contribution is 2.42. The Morgan fingerprint density at radius 1 is 0.833 bits per heavy atom. The number of rotatable bonds is 4. The second-order valence-corrected chi connectivity index (χ2v) is 7.86. The fourth-order valence-electron chi connectivity index (χ4n) is 4.10. The average molecular weight is 411 g/mol. The van der Waals surface area contributed by atoms with Crippen molar-refractivity contribution < 1.29 is 0 Å². The predicted octanol–water partition coefficient (Wildman–Crippen LogP) is 5.36. The second kappa shape index (κ2) is 7.76. The topological polar surface area (TPSA) is 33.1 Å². The molecule has 1 aliphatic heterocycles. The summed E-state index contributed by atoms with van der Waals surface area (Å²) >= 11 is 5.81. The standard InChI is InChI=1S/C25H22N4S/c1-18-12-14-19(15-13-18)28-17-7-11-22(28)24-23(21-10-5-6-16-26-21)27-25(30)29(24)20-8-3-2-4-9-20/h2-17,23-24H,1H3,(H,27,30)/t23-,24-/m0/s1. The molecule has 0 amide bonds. The largest absolute Gasteiger partial charge is 0.351 e. The molecule has 0 bridgehead atoms. The van der Waals surface area contributed by atoms with Crippen molar-refractivity contribution in [2.24, 2.45) is 0 Å². The van der Waals surface area contributed by atoms with Gasteiger partial charge in [0.1, 0.15) is 6.04 Å². The molecule has 148 valence electrons. The molecule has 1 aliphatic rings. The Balaban J connectivity index is 1.66. The number of nitrogens with zero attached hydrogens (tertiary/aromatic N) is 3. The molecule has 2 aromatic heterocycles. The third-order valence-electron chi connectivity index (χ3n) is 5.53. The van der Waals surface area contributed by atoms with Crippen LogP contribution in [0.4, 0.5) is 5.69 Å². The van der Waals surface area contributed by atoms with Crippen LogP contribution in [-0.2, 0) is 0 Å². The minimum absolute atomic E-state index is 0.0360. The van der Waals surface area contributed by atoms with Crippen molar-refractivity contribution in [2.75, 3.05) is 4.90 Å². The van der Waals surface area contributed by atoms with E-state index in [0.717, 1.165) is 22.8 Å². The van der Waals surface area contributed by atoms with Crippen LogP contribution < -0.4 is 10.2 Å². The fourth-order valence-corrected chi connectivity index (χ4v) is 4.44. The molecular weight excluding hydrogens is 388 g/mol. The maximum Gasteiger partial charge on any atom is 0.174 e. The minimum atomic E-state index is -0.0574. The highest BCUT2D eigenvalue weighted by atomic mass is 32.1. The monoisotopic (exact) mass is 410 g/mol. The van der Waals surface area contributed by atoms with Gasteiger partial charge in [-0.3, -0.25) is 4.98 Å². The first-order valence-corrected chi connectivity index (χ1v) is 10.4. The molecule has 0 unspecified atom stereocenters. The molecule has 2 atom stereocenters. The zero-order valence-corrected chi connectivity index (χ0v) is 17.5. The van der Waals surface area contributed by atoms with Crippen LogP contribution in [-0.4, -0.2) is 14.7 Å². The molecule has 1 saturated heterocycles. The molecule has 0 aliphatic carbocycles. The number of hydrogen-bond acceptors (Lipinski definition) is 2. The molecular formula is C25H22N4S. The lowest BCUT2D eigenvalue weighted by molar-refractivity contribution is 0.549. The van der Waals surface area contributed by atoms with E-state index in [1.165, 1.54) is 5.56 Å². The predicted molar refractivity (Wildman–Crippen MR) is 125 cm³/mol. The normalized spacial score (nSPS) is 18.4. The molecule has 2 aromatic carbocycles. The zero-order chi connectivity index (χ0) is 20.5. The fraction of sp³-hybridized carbons (Fsp3) is 0.120. The van der Waals surface area contributed by atoms with Gasteiger partial charge in [0.15, 0.2) is 5.11 Å². The van der Waals surface area contributed by atoms with Gasteiger partial charge in [-0.2, -0.15) is 0 Å². The Kier molecular flexibility index (Phi) is 4.81. The van der Waals surface area contributed by atoms with Crippen LogP contribution in [0.15, 0.2) is 97.3 Å². The summed E-state index contributed by atoms with van der Waals surface area (Å²) in [7, 11) is 0. The number of benzene rings is 2. The van der Waals surface area contributed by atoms with Gasteiger partial charge < -0.3 is 14.8 Å². The second-order valence-electron chi connectivity index (χ2n) is 7.47. The van der Waals surface area contributed by atoms with E-state index >= 15 is 0 Å². The van der Waals surface area contributed by atoms with E-state index in [0.29, 0.717) is 5.11 Å². The molecule has 5 heteroatoms. The van der Waals surface area contributed by atoms with Crippen molar-refractivity contribution in [3.05, 3.63) is 114 Å². The SMILES string of the molecule is Cc1ccc(-n2cccc2[C@H]2[C@H](c3ccccn3)NC(=S)N2c2ccccc2)cc1. The first-order chi connectivity index (χ1) is 14.7. The molecule has 0 saturated carbocycles. The van der Waals surface area contributed by atoms with Crippen LogP contribution >= 0.6 is 12.2 Å². The number of aromatic nitrogens is 2. The van der Waals surface area contributed by atoms with Gasteiger partial charge >= 0.3 is 0 Å². The average Bonchev–Trinajstić information content (AvgIpc) is 3.40. The number of nitrogens with one attached hydrogen (secondary N) is 1. The van der Waals surface area contributed by atoms with Crippen molar-refractivity contribution in [3.8, 4) is 5.69 Å². The Labute approximate surface area is 181 Å². The van der Waals surface area contributed by atoms with E-state index in [1.807, 2.05) is 36.5 Å². The van der Waals surface area contributed by atoms with Gasteiger partial charge in [0.25, 0.3) is 0 Å². The molecule has 1 fully saturated rings. The summed E-state index contributed by atoms with van der Waals surface area (Å²) in [5.41, 5.74) is 5.57. The lowest BCUT2D eigenvalue weighted by atomic mass is 10.0. The number of anilines is 1. The summed E-state index contributed by atoms with van der Waals surface area (Å²) in [6.07, 6.45) is 3.95. The molecule has 4 nitrogen and oxygen atoms in total. The van der Waals surface area contributed by atoms with Crippen molar-refractivity contribution in [3.63, 3.8) is 0 Å². The van der Waals surface area contributed by atoms with Crippen LogP contribution in [0, 0.1) is 6.92 Å². The molecule has 3 heterocycles. The molecule has 4 aromatic rings. The molecule has 30 heavy (non-hydrogen) atoms. The number of para-hydroxylation sites is 1. The maximum atomic E-state index is 5.81. The lowest BCUT2D eigenvalue weighted by Crippen LogP contribution is -2.30. The van der Waals surface area contributed by atoms with Gasteiger partial charge in [-0.15, -0.1) is 0 Å². The van der Waals surface area contributed by atoms with E-state index in [4.69, 9.17) is 12.2 Å². The Hall–Kier alpha value is -3.44. The third kappa shape index (κ3) is 3.27. The van der Waals surface area contributed by atoms with E-state index in [9.17, 15) is 0 Å². The lowest BCUT2D eigenvalue weighted by Gasteiger charge is -2.29. The van der Waals surface area contributed by atoms with Gasteiger partial charge in [-0.05, 0) is 67.7 Å². The van der Waals surface area contributed by atoms with Gasteiger partial charge in [0.2, 0.25) is 0 Å². The Bertz CT molecular complexity index is 1150. The molecule has 5 rings (SSSR count). The van der Waals surface area contributed by atoms with Crippen LogP contribution in [0.1, 0.15) is 29.0 Å². The highest BCUT2D eigenvalue weighted by molar-refractivity contribution is 7.80. The van der Waals surface area contributed by atoms with Crippen molar-refractivity contribution >= 4 is 23.0 Å². The molecule has 0 radical (unpaired) electrons. The minimum Gasteiger partial charge on any atom is -0.351 e. The molecule has 1 N–H and O–H groups in total. The zero-order valence-electron chi connectivity index (χ0n) is 16.6. The summed E-state index contributed by atoms with van der Waals surface area (Å²) < 4.78 is 2.24. The summed E-state index contributed by atoms with van der Waals surface area (Å²) in [5.74, 6) is 0. The summed E-state index contributed by atoms with van der Waals surface area (Å²) in [4.78, 5) is 6.84. The van der Waals surface area contributed by atoms with Crippen LogP contribution in [0.5, 0.6) is 0 Å². The number of thiocarbonyl (C=S) groups is 1. The Morgan fingerprint density at radius 3 is 2.33 bits per heavy atom. The van der Waals surface area contributed by atoms with Crippen molar-refractivity contribution in [1.29, 1.82) is 0 Å². The quantitative estimate of drug-likeness (QED) is 0.459. The smallest absolute Gasteiger partial charge is 0.174 e. The summed E-state index contributed by atoms with van der Waals surface area (Å²) in [6, 6.07) is 29.1. The van der Waals surface area contributed by atoms with Gasteiger partial charge in [0, 0.05) is 29.5 Å². The first-order valence-electron chi connectivity index (χ1n) is 10.0. The first kappa shape index (κ1) is 18.6. The number of pyridine rings is 1. The summed E-state index contributed by atoms with van der Waals surface area (Å²) in [5, 5.41) is 4.23. The van der Waals surface area contributed by atoms with E-state index in [2.05, 4.69) is 87.5 Å². The van der Waals surface area contributed by atoms with Gasteiger partial charge in [0.05, 0.1) is 11.7 Å². The van der Waals surface area contributed by atoms with Crippen LogP contribution in [0.25, 0.3) is 5.69 Å². The molecule has 0 spiro atoms. The van der Waals surface area contributed by atoms with Gasteiger partial charge in [-0.25, -0.2) is 0 Å². The van der Waals surface area contributed by atoms with Crippen LogP contribution in [0.3, 0.4) is 0 Å². The maximum absolute atomic E-state index is 5.81. The van der Waals surface area contributed by atoms with Crippen LogP contribution in [0.2, 0.25) is 0 Å². The van der Waals surface area contributed by atoms with E-state index in [-0.39, 0.29) is 12.1 Å². The van der Waals surface area contributed by atoms with Crippen molar-refractivity contribution in [1.82, 2.24) is 14.9 Å². The van der Waals surface area contributed by atoms with E-state index < -0.39 is 0 Å². The van der Waals surface area contributed by atoms with Crippen molar-refractivity contribution in [2.45, 2.75) is 19.0 Å². The van der Waals surface area contributed by atoms with Gasteiger partial charge in [-0.1, -0.05) is 42.0 Å². The number of aryl methyl sites for hydroxylation is 1. The van der Waals surface area contributed by atoms with E-state index in [1.54, 1.807) is 0 Å². The number of hydrogen-bond donors (Lipinski definition) is 1. The Morgan fingerprint density at radius 2 is 1.60 bits per heavy atom. The summed E-state index contributed by atoms with van der Waals surface area (Å²) in [6.45, 7) is 2.11. The third-order valence-corrected chi connectivity index (χ3v) is 5.84. The highest BCUT2D eigenvalue weighted by Gasteiger charge is 2.42.